The molecular weight excluding hydrogens is 176 g/mol. The summed E-state index contributed by atoms with van der Waals surface area (Å²) in [4.78, 5) is 5.16. The van der Waals surface area contributed by atoms with Crippen LogP contribution in [0.25, 0.3) is 0 Å². The van der Waals surface area contributed by atoms with Crippen LogP contribution < -0.4 is 5.73 Å². The lowest BCUT2D eigenvalue weighted by molar-refractivity contribution is 0.0859. The first-order chi connectivity index (χ1) is 6.74. The largest absolute Gasteiger partial charge is 0.393 e. The van der Waals surface area contributed by atoms with Gasteiger partial charge in [-0.2, -0.15) is 0 Å². The molecule has 0 unspecified atom stereocenters. The van der Waals surface area contributed by atoms with E-state index in [1.165, 1.54) is 0 Å². The van der Waals surface area contributed by atoms with Crippen LogP contribution in [0, 0.1) is 0 Å². The van der Waals surface area contributed by atoms with Crippen molar-refractivity contribution in [3.05, 3.63) is 35.9 Å². The molecule has 0 saturated heterocycles. The van der Waals surface area contributed by atoms with E-state index in [0.29, 0.717) is 6.54 Å². The fourth-order valence-electron chi connectivity index (χ4n) is 1.01. The van der Waals surface area contributed by atoms with Gasteiger partial charge in [0.25, 0.3) is 0 Å². The summed E-state index contributed by atoms with van der Waals surface area (Å²) in [7, 11) is 0. The molecule has 0 radical (unpaired) electrons. The van der Waals surface area contributed by atoms with Crippen molar-refractivity contribution in [3.63, 3.8) is 0 Å². The Balaban J connectivity index is 2.77. The third-order valence-corrected chi connectivity index (χ3v) is 1.67. The van der Waals surface area contributed by atoms with Crippen molar-refractivity contribution in [3.8, 4) is 0 Å². The molecule has 1 aromatic rings. The highest BCUT2D eigenvalue weighted by atomic mass is 16.6. The highest BCUT2D eigenvalue weighted by molar-refractivity contribution is 6.01. The van der Waals surface area contributed by atoms with E-state index in [0.717, 1.165) is 11.3 Å². The van der Waals surface area contributed by atoms with Crippen molar-refractivity contribution in [2.75, 3.05) is 6.54 Å². The van der Waals surface area contributed by atoms with E-state index in [2.05, 4.69) is 5.16 Å². The maximum atomic E-state index is 5.58. The van der Waals surface area contributed by atoms with Gasteiger partial charge < -0.3 is 10.6 Å². The Morgan fingerprint density at radius 3 is 2.50 bits per heavy atom. The predicted octanol–water partition coefficient (Wildman–Crippen LogP) is 1.77. The summed E-state index contributed by atoms with van der Waals surface area (Å²) in [5.74, 6) is 0. The average Bonchev–Trinajstić information content (AvgIpc) is 2.20. The lowest BCUT2D eigenvalue weighted by Gasteiger charge is -2.06. The second-order valence-electron chi connectivity index (χ2n) is 3.26. The van der Waals surface area contributed by atoms with Gasteiger partial charge in [-0.1, -0.05) is 35.5 Å². The summed E-state index contributed by atoms with van der Waals surface area (Å²) in [6, 6.07) is 9.80. The molecule has 0 aliphatic heterocycles. The van der Waals surface area contributed by atoms with Crippen LogP contribution in [0.5, 0.6) is 0 Å². The van der Waals surface area contributed by atoms with Crippen LogP contribution in [0.1, 0.15) is 19.4 Å². The van der Waals surface area contributed by atoms with Crippen molar-refractivity contribution < 1.29 is 4.84 Å². The first kappa shape index (κ1) is 10.7. The summed E-state index contributed by atoms with van der Waals surface area (Å²) < 4.78 is 0. The number of benzene rings is 1. The Kier molecular flexibility index (Phi) is 4.13. The van der Waals surface area contributed by atoms with Crippen LogP contribution >= 0.6 is 0 Å². The first-order valence-corrected chi connectivity index (χ1v) is 4.72. The molecule has 0 saturated carbocycles. The number of nitrogens with zero attached hydrogens (tertiary/aromatic N) is 1. The van der Waals surface area contributed by atoms with Gasteiger partial charge in [-0.05, 0) is 13.8 Å². The van der Waals surface area contributed by atoms with Gasteiger partial charge in [0.15, 0.2) is 0 Å². The second kappa shape index (κ2) is 5.40. The maximum absolute atomic E-state index is 5.58. The van der Waals surface area contributed by atoms with Crippen LogP contribution in [0.3, 0.4) is 0 Å². The molecule has 1 rings (SSSR count). The minimum absolute atomic E-state index is 0.0836. The van der Waals surface area contributed by atoms with Crippen molar-refractivity contribution in [1.29, 1.82) is 0 Å². The van der Waals surface area contributed by atoms with Crippen molar-refractivity contribution in [2.45, 2.75) is 20.0 Å². The van der Waals surface area contributed by atoms with Gasteiger partial charge >= 0.3 is 0 Å². The Morgan fingerprint density at radius 2 is 2.00 bits per heavy atom. The number of nitrogens with two attached hydrogens (primary N) is 1. The molecule has 1 aromatic carbocycles. The topological polar surface area (TPSA) is 47.6 Å². The summed E-state index contributed by atoms with van der Waals surface area (Å²) >= 11 is 0. The van der Waals surface area contributed by atoms with E-state index < -0.39 is 0 Å². The van der Waals surface area contributed by atoms with Gasteiger partial charge in [-0.15, -0.1) is 0 Å². The monoisotopic (exact) mass is 192 g/mol. The van der Waals surface area contributed by atoms with Crippen LogP contribution in [-0.4, -0.2) is 18.4 Å². The number of hydrogen-bond donors (Lipinski definition) is 1. The molecule has 0 amide bonds. The molecule has 0 fully saturated rings. The smallest absolute Gasteiger partial charge is 0.122 e. The average molecular weight is 192 g/mol. The lowest BCUT2D eigenvalue weighted by Crippen LogP contribution is -2.16. The molecule has 0 heterocycles. The van der Waals surface area contributed by atoms with Crippen LogP contribution in [0.15, 0.2) is 35.5 Å². The summed E-state index contributed by atoms with van der Waals surface area (Å²) in [6.45, 7) is 4.25. The molecule has 2 N–H and O–H groups in total. The first-order valence-electron chi connectivity index (χ1n) is 4.72. The summed E-state index contributed by atoms with van der Waals surface area (Å²) in [5, 5.41) is 4.00. The van der Waals surface area contributed by atoms with E-state index in [9.17, 15) is 0 Å². The minimum atomic E-state index is 0.0836. The van der Waals surface area contributed by atoms with Crippen LogP contribution in [-0.2, 0) is 4.84 Å². The van der Waals surface area contributed by atoms with Gasteiger partial charge in [0.05, 0.1) is 0 Å². The molecule has 3 nitrogen and oxygen atoms in total. The third-order valence-electron chi connectivity index (χ3n) is 1.67. The van der Waals surface area contributed by atoms with Crippen LogP contribution in [0.2, 0.25) is 0 Å². The lowest BCUT2D eigenvalue weighted by atomic mass is 10.1. The Bertz CT molecular complexity index is 293. The zero-order valence-electron chi connectivity index (χ0n) is 8.60. The van der Waals surface area contributed by atoms with Crippen molar-refractivity contribution in [2.24, 2.45) is 10.9 Å². The quantitative estimate of drug-likeness (QED) is 0.584. The summed E-state index contributed by atoms with van der Waals surface area (Å²) in [6.07, 6.45) is 0.0836. The molecule has 0 bridgehead atoms. The molecule has 0 spiro atoms. The predicted molar refractivity (Wildman–Crippen MR) is 58.3 cm³/mol. The van der Waals surface area contributed by atoms with Gasteiger partial charge in [0.2, 0.25) is 0 Å². The highest BCUT2D eigenvalue weighted by Gasteiger charge is 2.01. The Hall–Kier alpha value is -1.35. The zero-order valence-corrected chi connectivity index (χ0v) is 8.60. The van der Waals surface area contributed by atoms with Crippen molar-refractivity contribution in [1.82, 2.24) is 0 Å². The number of hydrogen-bond acceptors (Lipinski definition) is 3. The minimum Gasteiger partial charge on any atom is -0.393 e. The maximum Gasteiger partial charge on any atom is 0.122 e. The number of rotatable bonds is 4. The van der Waals surface area contributed by atoms with E-state index >= 15 is 0 Å². The van der Waals surface area contributed by atoms with E-state index in [-0.39, 0.29) is 6.10 Å². The molecule has 14 heavy (non-hydrogen) atoms. The molecule has 3 heteroatoms. The van der Waals surface area contributed by atoms with Gasteiger partial charge in [0.1, 0.15) is 11.8 Å². The SMILES string of the molecule is CC(C)O/N=C(/CN)c1ccccc1. The third kappa shape index (κ3) is 3.18. The van der Waals surface area contributed by atoms with Gasteiger partial charge in [-0.3, -0.25) is 0 Å². The van der Waals surface area contributed by atoms with Gasteiger partial charge in [0, 0.05) is 12.1 Å². The molecule has 0 aliphatic rings. The Morgan fingerprint density at radius 1 is 1.36 bits per heavy atom. The molecule has 76 valence electrons. The normalized spacial score (nSPS) is 11.9. The summed E-state index contributed by atoms with van der Waals surface area (Å²) in [5.41, 5.74) is 7.37. The molecule has 0 aliphatic carbocycles. The van der Waals surface area contributed by atoms with E-state index in [1.807, 2.05) is 44.2 Å². The van der Waals surface area contributed by atoms with E-state index in [1.54, 1.807) is 0 Å². The fraction of sp³-hybridized carbons (Fsp3) is 0.364. The highest BCUT2D eigenvalue weighted by Crippen LogP contribution is 2.01. The molecule has 0 atom stereocenters. The fourth-order valence-corrected chi connectivity index (χ4v) is 1.01. The van der Waals surface area contributed by atoms with Gasteiger partial charge in [-0.25, -0.2) is 0 Å². The standard InChI is InChI=1S/C11H16N2O/c1-9(2)14-13-11(8-12)10-6-4-3-5-7-10/h3-7,9H,8,12H2,1-2H3/b13-11-. The Labute approximate surface area is 84.6 Å². The number of oxime groups is 1. The van der Waals surface area contributed by atoms with E-state index in [4.69, 9.17) is 10.6 Å². The molecule has 0 aromatic heterocycles. The zero-order chi connectivity index (χ0) is 10.4. The molecular formula is C11H16N2O. The van der Waals surface area contributed by atoms with Crippen molar-refractivity contribution >= 4 is 5.71 Å². The second-order valence-corrected chi connectivity index (χ2v) is 3.26. The van der Waals surface area contributed by atoms with Crippen LogP contribution in [0.4, 0.5) is 0 Å².